The first kappa shape index (κ1) is 22.7. The molecule has 10 heteroatoms. The second-order valence-corrected chi connectivity index (χ2v) is 10.9. The van der Waals surface area contributed by atoms with Crippen molar-refractivity contribution in [2.45, 2.75) is 25.5 Å². The van der Waals surface area contributed by atoms with E-state index in [1.54, 1.807) is 10.6 Å². The van der Waals surface area contributed by atoms with Gasteiger partial charge in [-0.15, -0.1) is 17.9 Å². The van der Waals surface area contributed by atoms with E-state index in [4.69, 9.17) is 0 Å². The first-order valence-corrected chi connectivity index (χ1v) is 12.6. The van der Waals surface area contributed by atoms with E-state index in [0.29, 0.717) is 27.6 Å². The quantitative estimate of drug-likeness (QED) is 0.200. The maximum absolute atomic E-state index is 13.0. The van der Waals surface area contributed by atoms with Gasteiger partial charge in [0.25, 0.3) is 5.56 Å². The van der Waals surface area contributed by atoms with Crippen molar-refractivity contribution < 1.29 is 4.79 Å². The minimum absolute atomic E-state index is 0.0990. The molecular weight excluding hydrogens is 606 g/mol. The Hall–Kier alpha value is -0.940. The number of benzene rings is 1. The van der Waals surface area contributed by atoms with E-state index in [1.807, 2.05) is 26.0 Å². The summed E-state index contributed by atoms with van der Waals surface area (Å²) in [5, 5.41) is 4.04. The summed E-state index contributed by atoms with van der Waals surface area (Å²) in [5.74, 6) is -0.0790. The molecule has 152 valence electrons. The van der Waals surface area contributed by atoms with Crippen LogP contribution in [0.15, 0.2) is 48.2 Å². The van der Waals surface area contributed by atoms with Gasteiger partial charge in [0.05, 0.1) is 16.8 Å². The number of nitrogens with zero attached hydrogens (tertiary/aromatic N) is 2. The molecule has 0 fully saturated rings. The summed E-state index contributed by atoms with van der Waals surface area (Å²) < 4.78 is 3.96. The van der Waals surface area contributed by atoms with Crippen LogP contribution in [0.3, 0.4) is 0 Å². The van der Waals surface area contributed by atoms with Gasteiger partial charge in [-0.25, -0.2) is 4.98 Å². The number of halogens is 3. The highest BCUT2D eigenvalue weighted by Crippen LogP contribution is 2.34. The van der Waals surface area contributed by atoms with Crippen LogP contribution >= 0.6 is 70.9 Å². The number of hydrogen-bond acceptors (Lipinski definition) is 5. The number of carbonyl (C=O) groups is 1. The van der Waals surface area contributed by atoms with E-state index in [2.05, 4.69) is 64.7 Å². The second-order valence-electron chi connectivity index (χ2n) is 6.14. The van der Waals surface area contributed by atoms with Crippen molar-refractivity contribution in [3.63, 3.8) is 0 Å². The summed E-state index contributed by atoms with van der Waals surface area (Å²) >= 11 is 13.0. The minimum Gasteiger partial charge on any atom is -0.323 e. The number of amides is 1. The van der Waals surface area contributed by atoms with Crippen molar-refractivity contribution >= 4 is 92.7 Å². The van der Waals surface area contributed by atoms with E-state index in [1.165, 1.54) is 23.1 Å². The number of carbonyl (C=O) groups excluding carboxylic acids is 1. The Morgan fingerprint density at radius 3 is 2.59 bits per heavy atom. The summed E-state index contributed by atoms with van der Waals surface area (Å²) in [6, 6.07) is 3.71. The van der Waals surface area contributed by atoms with Gasteiger partial charge in [-0.05, 0) is 63.4 Å². The van der Waals surface area contributed by atoms with Gasteiger partial charge in [0, 0.05) is 24.8 Å². The molecule has 0 aliphatic heterocycles. The van der Waals surface area contributed by atoms with Gasteiger partial charge < -0.3 is 5.32 Å². The Labute approximate surface area is 201 Å². The van der Waals surface area contributed by atoms with Crippen molar-refractivity contribution in [2.75, 3.05) is 11.1 Å². The molecule has 0 aliphatic carbocycles. The zero-order chi connectivity index (χ0) is 21.3. The van der Waals surface area contributed by atoms with E-state index >= 15 is 0 Å². The molecule has 3 rings (SSSR count). The maximum atomic E-state index is 13.0. The zero-order valence-electron chi connectivity index (χ0n) is 15.5. The van der Waals surface area contributed by atoms with Crippen LogP contribution in [0, 0.1) is 13.8 Å². The van der Waals surface area contributed by atoms with Crippen LogP contribution in [0.4, 0.5) is 5.69 Å². The molecular formula is C19H16Br3N3O2S2. The topological polar surface area (TPSA) is 64.0 Å². The van der Waals surface area contributed by atoms with E-state index in [9.17, 15) is 9.59 Å². The standard InChI is InChI=1S/C19H16Br3N3O2S2/c1-4-5-25-18(27)15-9(2)10(3)29-17(15)24-19(25)28-8-14(26)23-16-12(21)6-11(20)7-13(16)22/h4,6-7H,1,5,8H2,2-3H3,(H,23,26). The third-order valence-corrected chi connectivity index (χ3v) is 7.96. The van der Waals surface area contributed by atoms with E-state index in [-0.39, 0.29) is 17.2 Å². The van der Waals surface area contributed by atoms with Crippen LogP contribution in [0.1, 0.15) is 10.4 Å². The molecule has 0 saturated carbocycles. The molecule has 0 aliphatic rings. The van der Waals surface area contributed by atoms with Gasteiger partial charge in [-0.2, -0.15) is 0 Å². The van der Waals surface area contributed by atoms with Crippen LogP contribution in [-0.2, 0) is 11.3 Å². The number of anilines is 1. The van der Waals surface area contributed by atoms with E-state index < -0.39 is 0 Å². The van der Waals surface area contributed by atoms with Crippen LogP contribution in [0.5, 0.6) is 0 Å². The first-order valence-electron chi connectivity index (χ1n) is 8.41. The normalized spacial score (nSPS) is 11.1. The van der Waals surface area contributed by atoms with Crippen molar-refractivity contribution in [3.05, 3.63) is 59.0 Å². The molecule has 0 spiro atoms. The Bertz CT molecular complexity index is 1160. The number of thioether (sulfide) groups is 1. The number of rotatable bonds is 6. The van der Waals surface area contributed by atoms with Crippen molar-refractivity contribution in [1.82, 2.24) is 9.55 Å². The number of thiophene rings is 1. The van der Waals surface area contributed by atoms with Crippen LogP contribution < -0.4 is 10.9 Å². The second kappa shape index (κ2) is 9.47. The minimum atomic E-state index is -0.197. The zero-order valence-corrected chi connectivity index (χ0v) is 21.9. The molecule has 1 aromatic carbocycles. The fourth-order valence-corrected chi connectivity index (χ4v) is 7.01. The molecule has 29 heavy (non-hydrogen) atoms. The predicted octanol–water partition coefficient (Wildman–Crippen LogP) is 6.28. The van der Waals surface area contributed by atoms with E-state index in [0.717, 1.165) is 23.9 Å². The van der Waals surface area contributed by atoms with Crippen LogP contribution in [-0.4, -0.2) is 21.2 Å². The highest BCUT2D eigenvalue weighted by molar-refractivity contribution is 9.11. The molecule has 0 unspecified atom stereocenters. The van der Waals surface area contributed by atoms with Crippen LogP contribution in [0.2, 0.25) is 0 Å². The van der Waals surface area contributed by atoms with Gasteiger partial charge in [0.2, 0.25) is 5.91 Å². The third kappa shape index (κ3) is 4.87. The molecule has 0 atom stereocenters. The largest absolute Gasteiger partial charge is 0.323 e. The summed E-state index contributed by atoms with van der Waals surface area (Å²) in [5.41, 5.74) is 1.51. The number of aryl methyl sites for hydroxylation is 2. The highest BCUT2D eigenvalue weighted by atomic mass is 79.9. The first-order chi connectivity index (χ1) is 13.7. The lowest BCUT2D eigenvalue weighted by Gasteiger charge is -2.12. The van der Waals surface area contributed by atoms with Crippen LogP contribution in [0.25, 0.3) is 10.2 Å². The maximum Gasteiger partial charge on any atom is 0.263 e. The van der Waals surface area contributed by atoms with Gasteiger partial charge in [0.1, 0.15) is 4.83 Å². The average molecular weight is 622 g/mol. The molecule has 5 nitrogen and oxygen atoms in total. The van der Waals surface area contributed by atoms with Crippen molar-refractivity contribution in [3.8, 4) is 0 Å². The summed E-state index contributed by atoms with van der Waals surface area (Å²) in [6.45, 7) is 7.99. The molecule has 1 amide bonds. The Balaban J connectivity index is 1.86. The molecule has 3 aromatic rings. The number of hydrogen-bond donors (Lipinski definition) is 1. The Morgan fingerprint density at radius 1 is 1.31 bits per heavy atom. The lowest BCUT2D eigenvalue weighted by atomic mass is 10.2. The number of fused-ring (bicyclic) bond motifs is 1. The molecule has 1 N–H and O–H groups in total. The Kier molecular flexibility index (Phi) is 7.42. The molecule has 0 bridgehead atoms. The summed E-state index contributed by atoms with van der Waals surface area (Å²) in [7, 11) is 0. The molecule has 2 aromatic heterocycles. The number of nitrogens with one attached hydrogen (secondary N) is 1. The molecule has 0 saturated heterocycles. The fourth-order valence-electron chi connectivity index (χ4n) is 2.68. The lowest BCUT2D eigenvalue weighted by Crippen LogP contribution is -2.23. The number of allylic oxidation sites excluding steroid dienone is 1. The highest BCUT2D eigenvalue weighted by Gasteiger charge is 2.18. The molecule has 0 radical (unpaired) electrons. The van der Waals surface area contributed by atoms with Gasteiger partial charge in [-0.3, -0.25) is 14.2 Å². The van der Waals surface area contributed by atoms with Crippen molar-refractivity contribution in [1.29, 1.82) is 0 Å². The smallest absolute Gasteiger partial charge is 0.263 e. The van der Waals surface area contributed by atoms with Gasteiger partial charge in [-0.1, -0.05) is 33.8 Å². The summed E-state index contributed by atoms with van der Waals surface area (Å²) in [4.78, 5) is 31.9. The third-order valence-electron chi connectivity index (χ3n) is 4.17. The lowest BCUT2D eigenvalue weighted by molar-refractivity contribution is -0.113. The monoisotopic (exact) mass is 619 g/mol. The average Bonchev–Trinajstić information content (AvgIpc) is 2.93. The van der Waals surface area contributed by atoms with Gasteiger partial charge in [0.15, 0.2) is 5.16 Å². The SMILES string of the molecule is C=CCn1c(SCC(=O)Nc2c(Br)cc(Br)cc2Br)nc2sc(C)c(C)c2c1=O. The number of aromatic nitrogens is 2. The van der Waals surface area contributed by atoms with Gasteiger partial charge >= 0.3 is 0 Å². The summed E-state index contributed by atoms with van der Waals surface area (Å²) in [6.07, 6.45) is 1.66. The predicted molar refractivity (Wildman–Crippen MR) is 132 cm³/mol. The Morgan fingerprint density at radius 2 is 1.97 bits per heavy atom. The fraction of sp³-hybridized carbons (Fsp3) is 0.211. The van der Waals surface area contributed by atoms with Crippen molar-refractivity contribution in [2.24, 2.45) is 0 Å². The molecule has 2 heterocycles.